The van der Waals surface area contributed by atoms with Crippen molar-refractivity contribution in [3.8, 4) is 17.1 Å². The summed E-state index contributed by atoms with van der Waals surface area (Å²) in [6.45, 7) is 2.34. The average molecular weight is 497 g/mol. The molecule has 0 saturated carbocycles. The standard InChI is InChI=1S/C28H25FN6O2/c1-37-22-12-10-19(11-13-22)25-31-32-26-23-8-2-3-9-24(23)30-28(35(25)26)34-15-5-14-33(16-17-34)27(36)20-6-4-7-21(29)18-20/h2-4,6-13,18H,5,14-17H2,1H3. The van der Waals surface area contributed by atoms with Gasteiger partial charge in [-0.1, -0.05) is 18.2 Å². The van der Waals surface area contributed by atoms with E-state index in [1.165, 1.54) is 12.1 Å². The Balaban J connectivity index is 1.39. The first-order valence-electron chi connectivity index (χ1n) is 12.2. The van der Waals surface area contributed by atoms with Crippen molar-refractivity contribution in [2.45, 2.75) is 6.42 Å². The molecule has 1 aliphatic rings. The van der Waals surface area contributed by atoms with Crippen molar-refractivity contribution in [2.24, 2.45) is 0 Å². The number of benzene rings is 3. The van der Waals surface area contributed by atoms with Crippen molar-refractivity contribution in [3.05, 3.63) is 84.2 Å². The van der Waals surface area contributed by atoms with Crippen LogP contribution in [0.5, 0.6) is 5.75 Å². The Labute approximate surface area is 212 Å². The Hall–Kier alpha value is -4.53. The van der Waals surface area contributed by atoms with E-state index >= 15 is 0 Å². The topological polar surface area (TPSA) is 75.9 Å². The molecule has 0 spiro atoms. The quantitative estimate of drug-likeness (QED) is 0.366. The lowest BCUT2D eigenvalue weighted by Gasteiger charge is -2.24. The highest BCUT2D eigenvalue weighted by molar-refractivity contribution is 5.95. The normalized spacial score (nSPS) is 14.2. The van der Waals surface area contributed by atoms with Gasteiger partial charge < -0.3 is 14.5 Å². The Morgan fingerprint density at radius 2 is 1.76 bits per heavy atom. The van der Waals surface area contributed by atoms with Gasteiger partial charge >= 0.3 is 0 Å². The number of nitrogens with zero attached hydrogens (tertiary/aromatic N) is 6. The van der Waals surface area contributed by atoms with Gasteiger partial charge in [-0.05, 0) is 61.0 Å². The van der Waals surface area contributed by atoms with Crippen LogP contribution in [0.1, 0.15) is 16.8 Å². The molecule has 0 radical (unpaired) electrons. The van der Waals surface area contributed by atoms with E-state index in [1.54, 1.807) is 24.1 Å². The summed E-state index contributed by atoms with van der Waals surface area (Å²) in [7, 11) is 1.64. The van der Waals surface area contributed by atoms with Crippen LogP contribution in [-0.4, -0.2) is 63.7 Å². The summed E-state index contributed by atoms with van der Waals surface area (Å²) in [4.78, 5) is 22.1. The molecule has 8 nitrogen and oxygen atoms in total. The maximum atomic E-state index is 13.7. The molecule has 1 fully saturated rings. The molecular weight excluding hydrogens is 471 g/mol. The lowest BCUT2D eigenvalue weighted by Crippen LogP contribution is -2.36. The number of anilines is 1. The van der Waals surface area contributed by atoms with Gasteiger partial charge in [-0.15, -0.1) is 10.2 Å². The predicted molar refractivity (Wildman–Crippen MR) is 139 cm³/mol. The number of carbonyl (C=O) groups excluding carboxylic acids is 1. The summed E-state index contributed by atoms with van der Waals surface area (Å²) in [5.74, 6) is 1.59. The number of hydrogen-bond acceptors (Lipinski definition) is 6. The van der Waals surface area contributed by atoms with Crippen molar-refractivity contribution in [1.82, 2.24) is 24.5 Å². The maximum absolute atomic E-state index is 13.7. The van der Waals surface area contributed by atoms with Gasteiger partial charge in [0, 0.05) is 42.7 Å². The Morgan fingerprint density at radius 1 is 0.919 bits per heavy atom. The van der Waals surface area contributed by atoms with Crippen LogP contribution in [0, 0.1) is 5.82 Å². The van der Waals surface area contributed by atoms with Gasteiger partial charge in [0.15, 0.2) is 11.5 Å². The van der Waals surface area contributed by atoms with Gasteiger partial charge in [-0.25, -0.2) is 13.8 Å². The van der Waals surface area contributed by atoms with Crippen molar-refractivity contribution >= 4 is 28.4 Å². The van der Waals surface area contributed by atoms with Crippen LogP contribution in [0.2, 0.25) is 0 Å². The minimum Gasteiger partial charge on any atom is -0.497 e. The minimum absolute atomic E-state index is 0.166. The molecule has 6 rings (SSSR count). The molecule has 5 aromatic rings. The molecule has 1 aliphatic heterocycles. The molecule has 9 heteroatoms. The Kier molecular flexibility index (Phi) is 5.88. The van der Waals surface area contributed by atoms with Crippen molar-refractivity contribution in [3.63, 3.8) is 0 Å². The second-order valence-electron chi connectivity index (χ2n) is 8.98. The fourth-order valence-corrected chi connectivity index (χ4v) is 4.83. The van der Waals surface area contributed by atoms with Crippen molar-refractivity contribution in [2.75, 3.05) is 38.2 Å². The van der Waals surface area contributed by atoms with Gasteiger partial charge in [0.1, 0.15) is 11.6 Å². The van der Waals surface area contributed by atoms with E-state index in [1.807, 2.05) is 52.9 Å². The number of amides is 1. The molecule has 3 heterocycles. The Morgan fingerprint density at radius 3 is 2.57 bits per heavy atom. The zero-order valence-corrected chi connectivity index (χ0v) is 20.3. The van der Waals surface area contributed by atoms with Crippen LogP contribution in [0.4, 0.5) is 10.3 Å². The SMILES string of the molecule is COc1ccc(-c2nnc3c4ccccc4nc(N4CCCN(C(=O)c5cccc(F)c5)CC4)n23)cc1. The number of para-hydroxylation sites is 1. The number of halogens is 1. The monoisotopic (exact) mass is 496 g/mol. The molecule has 0 N–H and O–H groups in total. The summed E-state index contributed by atoms with van der Waals surface area (Å²) in [5, 5.41) is 10.0. The molecule has 0 aliphatic carbocycles. The number of fused-ring (bicyclic) bond motifs is 3. The largest absolute Gasteiger partial charge is 0.497 e. The molecule has 1 amide bonds. The highest BCUT2D eigenvalue weighted by atomic mass is 19.1. The number of ether oxygens (including phenoxy) is 1. The van der Waals surface area contributed by atoms with Crippen molar-refractivity contribution < 1.29 is 13.9 Å². The molecule has 3 aromatic carbocycles. The lowest BCUT2D eigenvalue weighted by molar-refractivity contribution is 0.0766. The summed E-state index contributed by atoms with van der Waals surface area (Å²) in [6.07, 6.45) is 0.747. The minimum atomic E-state index is -0.413. The molecule has 186 valence electrons. The van der Waals surface area contributed by atoms with Gasteiger partial charge in [0.25, 0.3) is 5.91 Å². The fraction of sp³-hybridized carbons (Fsp3) is 0.214. The third kappa shape index (κ3) is 4.22. The van der Waals surface area contributed by atoms with E-state index in [4.69, 9.17) is 9.72 Å². The summed E-state index contributed by atoms with van der Waals surface area (Å²) in [5.41, 5.74) is 2.81. The predicted octanol–water partition coefficient (Wildman–Crippen LogP) is 4.44. The summed E-state index contributed by atoms with van der Waals surface area (Å²) < 4.78 is 21.0. The number of carbonyl (C=O) groups is 1. The van der Waals surface area contributed by atoms with E-state index in [9.17, 15) is 9.18 Å². The second kappa shape index (κ2) is 9.50. The zero-order valence-electron chi connectivity index (χ0n) is 20.3. The third-order valence-corrected chi connectivity index (χ3v) is 6.71. The van der Waals surface area contributed by atoms with Gasteiger partial charge in [-0.3, -0.25) is 4.79 Å². The molecule has 0 atom stereocenters. The van der Waals surface area contributed by atoms with Gasteiger partial charge in [0.05, 0.1) is 12.6 Å². The highest BCUT2D eigenvalue weighted by Gasteiger charge is 2.25. The molecule has 37 heavy (non-hydrogen) atoms. The lowest BCUT2D eigenvalue weighted by atomic mass is 10.2. The van der Waals surface area contributed by atoms with Crippen LogP contribution in [0.25, 0.3) is 27.9 Å². The highest BCUT2D eigenvalue weighted by Crippen LogP contribution is 2.30. The molecule has 0 bridgehead atoms. The van der Waals surface area contributed by atoms with Crippen LogP contribution in [0.3, 0.4) is 0 Å². The first kappa shape index (κ1) is 22.9. The molecular formula is C28H25FN6O2. The fourth-order valence-electron chi connectivity index (χ4n) is 4.83. The van der Waals surface area contributed by atoms with Gasteiger partial charge in [-0.2, -0.15) is 0 Å². The molecule has 0 unspecified atom stereocenters. The van der Waals surface area contributed by atoms with E-state index in [0.717, 1.165) is 40.2 Å². The number of hydrogen-bond donors (Lipinski definition) is 0. The Bertz CT molecular complexity index is 1600. The van der Waals surface area contributed by atoms with E-state index in [0.29, 0.717) is 37.6 Å². The third-order valence-electron chi connectivity index (χ3n) is 6.71. The van der Waals surface area contributed by atoms with E-state index in [-0.39, 0.29) is 5.91 Å². The summed E-state index contributed by atoms with van der Waals surface area (Å²) in [6, 6.07) is 21.4. The number of aromatic nitrogens is 4. The number of methoxy groups -OCH3 is 1. The van der Waals surface area contributed by atoms with Crippen LogP contribution in [0.15, 0.2) is 72.8 Å². The van der Waals surface area contributed by atoms with Gasteiger partial charge in [0.2, 0.25) is 5.95 Å². The van der Waals surface area contributed by atoms with Crippen molar-refractivity contribution in [1.29, 1.82) is 0 Å². The van der Waals surface area contributed by atoms with Crippen LogP contribution >= 0.6 is 0 Å². The molecule has 1 saturated heterocycles. The van der Waals surface area contributed by atoms with E-state index in [2.05, 4.69) is 15.1 Å². The average Bonchev–Trinajstić information content (AvgIpc) is 3.24. The van der Waals surface area contributed by atoms with Crippen LogP contribution in [-0.2, 0) is 0 Å². The van der Waals surface area contributed by atoms with E-state index < -0.39 is 5.82 Å². The summed E-state index contributed by atoms with van der Waals surface area (Å²) >= 11 is 0. The van der Waals surface area contributed by atoms with Crippen LogP contribution < -0.4 is 9.64 Å². The zero-order chi connectivity index (χ0) is 25.4. The maximum Gasteiger partial charge on any atom is 0.254 e. The smallest absolute Gasteiger partial charge is 0.254 e. The first-order valence-corrected chi connectivity index (χ1v) is 12.2. The molecule has 2 aromatic heterocycles. The first-order chi connectivity index (χ1) is 18.1. The second-order valence-corrected chi connectivity index (χ2v) is 8.98. The number of rotatable bonds is 4.